The second-order valence-electron chi connectivity index (χ2n) is 8.79. The lowest BCUT2D eigenvalue weighted by Gasteiger charge is -2.31. The number of carbonyl (C=O) groups is 1. The number of amides is 1. The van der Waals surface area contributed by atoms with Gasteiger partial charge < -0.3 is 4.90 Å². The van der Waals surface area contributed by atoms with Crippen LogP contribution in [0.15, 0.2) is 36.4 Å². The predicted molar refractivity (Wildman–Crippen MR) is 114 cm³/mol. The number of benzene rings is 1. The lowest BCUT2D eigenvalue weighted by molar-refractivity contribution is 0.0685. The molecule has 1 aromatic carbocycles. The number of piperidine rings is 1. The van der Waals surface area contributed by atoms with Gasteiger partial charge in [0, 0.05) is 24.7 Å². The first-order valence-electron chi connectivity index (χ1n) is 10.8. The average molecular weight is 389 g/mol. The van der Waals surface area contributed by atoms with Crippen molar-refractivity contribution in [3.05, 3.63) is 58.9 Å². The number of likely N-dealkylation sites (tertiary alicyclic amines) is 1. The van der Waals surface area contributed by atoms with E-state index in [4.69, 9.17) is 10.1 Å². The van der Waals surface area contributed by atoms with Gasteiger partial charge in [0.2, 0.25) is 0 Å². The fourth-order valence-corrected chi connectivity index (χ4v) is 4.54. The molecule has 0 spiro atoms. The molecule has 2 aliphatic rings. The number of carbonyl (C=O) groups excluding carboxylic acids is 1. The van der Waals surface area contributed by atoms with Gasteiger partial charge in [-0.05, 0) is 50.2 Å². The summed E-state index contributed by atoms with van der Waals surface area (Å²) in [4.78, 5) is 20.6. The van der Waals surface area contributed by atoms with Crippen LogP contribution in [0.2, 0.25) is 0 Å². The highest BCUT2D eigenvalue weighted by molar-refractivity contribution is 6.06. The minimum Gasteiger partial charge on any atom is -0.338 e. The second-order valence-corrected chi connectivity index (χ2v) is 8.79. The summed E-state index contributed by atoms with van der Waals surface area (Å²) in [5.74, 6) is 1.20. The third kappa shape index (κ3) is 3.54. The molecule has 29 heavy (non-hydrogen) atoms. The monoisotopic (exact) mass is 388 g/mol. The van der Waals surface area contributed by atoms with E-state index in [1.165, 1.54) is 24.8 Å². The Bertz CT molecular complexity index is 1050. The Balaban J connectivity index is 1.60. The van der Waals surface area contributed by atoms with Gasteiger partial charge in [0.1, 0.15) is 0 Å². The van der Waals surface area contributed by atoms with Crippen LogP contribution in [-0.2, 0) is 6.54 Å². The van der Waals surface area contributed by atoms with Crippen LogP contribution in [-0.4, -0.2) is 38.7 Å². The van der Waals surface area contributed by atoms with E-state index in [0.717, 1.165) is 47.5 Å². The number of nitrogens with zero attached hydrogens (tertiary/aromatic N) is 4. The van der Waals surface area contributed by atoms with Gasteiger partial charge in [-0.15, -0.1) is 0 Å². The molecule has 1 saturated heterocycles. The molecular formula is C24H28N4O. The van der Waals surface area contributed by atoms with E-state index in [0.29, 0.717) is 18.4 Å². The zero-order chi connectivity index (χ0) is 20.0. The molecule has 1 atom stereocenters. The summed E-state index contributed by atoms with van der Waals surface area (Å²) in [5.41, 5.74) is 4.78. The first kappa shape index (κ1) is 18.3. The molecular weight excluding hydrogens is 360 g/mol. The quantitative estimate of drug-likeness (QED) is 0.659. The van der Waals surface area contributed by atoms with Crippen molar-refractivity contribution >= 4 is 16.9 Å². The largest absolute Gasteiger partial charge is 0.338 e. The molecule has 0 bridgehead atoms. The van der Waals surface area contributed by atoms with Crippen molar-refractivity contribution in [2.45, 2.75) is 52.0 Å². The Morgan fingerprint density at radius 3 is 2.69 bits per heavy atom. The van der Waals surface area contributed by atoms with Crippen LogP contribution in [0.3, 0.4) is 0 Å². The molecule has 5 rings (SSSR count). The van der Waals surface area contributed by atoms with E-state index < -0.39 is 0 Å². The highest BCUT2D eigenvalue weighted by Gasteiger charge is 2.31. The Morgan fingerprint density at radius 1 is 1.17 bits per heavy atom. The van der Waals surface area contributed by atoms with Crippen molar-refractivity contribution < 1.29 is 4.79 Å². The predicted octanol–water partition coefficient (Wildman–Crippen LogP) is 4.54. The molecule has 0 N–H and O–H groups in total. The van der Waals surface area contributed by atoms with Crippen LogP contribution in [0, 0.1) is 12.8 Å². The molecule has 5 heteroatoms. The molecule has 3 heterocycles. The van der Waals surface area contributed by atoms with E-state index in [2.05, 4.69) is 25.1 Å². The molecule has 0 radical (unpaired) electrons. The van der Waals surface area contributed by atoms with Gasteiger partial charge in [0.15, 0.2) is 5.65 Å². The second kappa shape index (κ2) is 7.29. The number of fused-ring (bicyclic) bond motifs is 1. The van der Waals surface area contributed by atoms with Crippen LogP contribution in [0.4, 0.5) is 0 Å². The third-order valence-electron chi connectivity index (χ3n) is 6.24. The molecule has 0 unspecified atom stereocenters. The molecule has 1 aliphatic carbocycles. The molecule has 3 aromatic rings. The van der Waals surface area contributed by atoms with Crippen LogP contribution in [0.5, 0.6) is 0 Å². The van der Waals surface area contributed by atoms with Gasteiger partial charge in [0.25, 0.3) is 5.91 Å². The van der Waals surface area contributed by atoms with Gasteiger partial charge in [0.05, 0.1) is 23.2 Å². The average Bonchev–Trinajstić information content (AvgIpc) is 3.53. The summed E-state index contributed by atoms with van der Waals surface area (Å²) in [5, 5.41) is 5.72. The minimum absolute atomic E-state index is 0.146. The SMILES string of the molecule is Cc1nn(Cc2ccccc2)c2nc(C3CC3)cc(C(=O)N3CCC[C@H](C)C3)c12. The summed E-state index contributed by atoms with van der Waals surface area (Å²) in [7, 11) is 0. The summed E-state index contributed by atoms with van der Waals surface area (Å²) in [6.07, 6.45) is 4.62. The van der Waals surface area contributed by atoms with E-state index in [-0.39, 0.29) is 5.91 Å². The number of rotatable bonds is 4. The lowest BCUT2D eigenvalue weighted by atomic mass is 9.98. The van der Waals surface area contributed by atoms with Gasteiger partial charge in [-0.2, -0.15) is 5.10 Å². The minimum atomic E-state index is 0.146. The van der Waals surface area contributed by atoms with Crippen molar-refractivity contribution in [1.29, 1.82) is 0 Å². The summed E-state index contributed by atoms with van der Waals surface area (Å²) >= 11 is 0. The molecule has 2 fully saturated rings. The maximum Gasteiger partial charge on any atom is 0.254 e. The molecule has 150 valence electrons. The van der Waals surface area contributed by atoms with Gasteiger partial charge >= 0.3 is 0 Å². The Labute approximate surface area is 171 Å². The Morgan fingerprint density at radius 2 is 1.97 bits per heavy atom. The highest BCUT2D eigenvalue weighted by Crippen LogP contribution is 2.40. The van der Waals surface area contributed by atoms with Gasteiger partial charge in [-0.25, -0.2) is 9.67 Å². The van der Waals surface area contributed by atoms with Crippen molar-refractivity contribution in [3.63, 3.8) is 0 Å². The normalized spacial score (nSPS) is 19.7. The number of aryl methyl sites for hydroxylation is 1. The summed E-state index contributed by atoms with van der Waals surface area (Å²) in [6, 6.07) is 12.4. The first-order chi connectivity index (χ1) is 14.1. The van der Waals surface area contributed by atoms with Gasteiger partial charge in [-0.3, -0.25) is 4.79 Å². The van der Waals surface area contributed by atoms with E-state index in [1.54, 1.807) is 0 Å². The molecule has 2 aromatic heterocycles. The number of aromatic nitrogens is 3. The summed E-state index contributed by atoms with van der Waals surface area (Å²) < 4.78 is 1.97. The third-order valence-corrected chi connectivity index (χ3v) is 6.24. The smallest absolute Gasteiger partial charge is 0.254 e. The number of hydrogen-bond donors (Lipinski definition) is 0. The molecule has 5 nitrogen and oxygen atoms in total. The Hall–Kier alpha value is -2.69. The fourth-order valence-electron chi connectivity index (χ4n) is 4.54. The zero-order valence-electron chi connectivity index (χ0n) is 17.3. The fraction of sp³-hybridized carbons (Fsp3) is 0.458. The topological polar surface area (TPSA) is 51.0 Å². The molecule has 1 saturated carbocycles. The molecule has 1 aliphatic heterocycles. The van der Waals surface area contributed by atoms with E-state index in [9.17, 15) is 4.79 Å². The van der Waals surface area contributed by atoms with Crippen LogP contribution in [0.25, 0.3) is 11.0 Å². The van der Waals surface area contributed by atoms with E-state index in [1.807, 2.05) is 34.7 Å². The standard InChI is InChI=1S/C24H28N4O/c1-16-7-6-12-27(14-16)24(29)20-13-21(19-10-11-19)25-23-22(20)17(2)26-28(23)15-18-8-4-3-5-9-18/h3-5,8-9,13,16,19H,6-7,10-12,14-15H2,1-2H3/t16-/m0/s1. The van der Waals surface area contributed by atoms with Crippen LogP contribution in [0.1, 0.15) is 65.8 Å². The van der Waals surface area contributed by atoms with Crippen molar-refractivity contribution in [2.75, 3.05) is 13.1 Å². The lowest BCUT2D eigenvalue weighted by Crippen LogP contribution is -2.39. The summed E-state index contributed by atoms with van der Waals surface area (Å²) in [6.45, 7) is 6.60. The molecule has 1 amide bonds. The van der Waals surface area contributed by atoms with Crippen LogP contribution >= 0.6 is 0 Å². The van der Waals surface area contributed by atoms with Crippen molar-refractivity contribution in [1.82, 2.24) is 19.7 Å². The number of pyridine rings is 1. The van der Waals surface area contributed by atoms with Crippen molar-refractivity contribution in [2.24, 2.45) is 5.92 Å². The van der Waals surface area contributed by atoms with Crippen LogP contribution < -0.4 is 0 Å². The van der Waals surface area contributed by atoms with Crippen molar-refractivity contribution in [3.8, 4) is 0 Å². The maximum atomic E-state index is 13.5. The first-order valence-corrected chi connectivity index (χ1v) is 10.8. The Kier molecular flexibility index (Phi) is 4.61. The number of hydrogen-bond acceptors (Lipinski definition) is 3. The van der Waals surface area contributed by atoms with Gasteiger partial charge in [-0.1, -0.05) is 37.3 Å². The highest BCUT2D eigenvalue weighted by atomic mass is 16.2. The maximum absolute atomic E-state index is 13.5. The zero-order valence-corrected chi connectivity index (χ0v) is 17.3. The van der Waals surface area contributed by atoms with E-state index >= 15 is 0 Å².